The van der Waals surface area contributed by atoms with Crippen molar-refractivity contribution in [1.29, 1.82) is 0 Å². The molecule has 0 radical (unpaired) electrons. The van der Waals surface area contributed by atoms with E-state index < -0.39 is 5.54 Å². The number of imide groups is 1. The van der Waals surface area contributed by atoms with Gasteiger partial charge in [-0.25, -0.2) is 4.79 Å². The number of carbonyl (C=O) groups excluding carboxylic acids is 3. The summed E-state index contributed by atoms with van der Waals surface area (Å²) in [4.78, 5) is 40.9. The SMILES string of the molecule is CCCCC1CCCC1NC(=O)CN1C(=O)N(C)C2(CCCCC2)C1=O. The number of carbonyl (C=O) groups is 3. The van der Waals surface area contributed by atoms with E-state index in [1.807, 2.05) is 0 Å². The number of unbranched alkanes of at least 4 members (excludes halogenated alkanes) is 1. The zero-order valence-corrected chi connectivity index (χ0v) is 16.3. The number of nitrogens with zero attached hydrogens (tertiary/aromatic N) is 2. The summed E-state index contributed by atoms with van der Waals surface area (Å²) in [6.45, 7) is 2.05. The zero-order valence-electron chi connectivity index (χ0n) is 16.3. The predicted octanol–water partition coefficient (Wildman–Crippen LogP) is 3.06. The molecular formula is C20H33N3O3. The lowest BCUT2D eigenvalue weighted by Crippen LogP contribution is -2.50. The molecule has 146 valence electrons. The average Bonchev–Trinajstić information content (AvgIpc) is 3.15. The molecule has 0 bridgehead atoms. The molecule has 26 heavy (non-hydrogen) atoms. The fourth-order valence-corrected chi connectivity index (χ4v) is 5.11. The van der Waals surface area contributed by atoms with Gasteiger partial charge in [-0.1, -0.05) is 45.4 Å². The first-order valence-electron chi connectivity index (χ1n) is 10.4. The number of nitrogens with one attached hydrogen (secondary N) is 1. The number of rotatable bonds is 6. The van der Waals surface area contributed by atoms with Gasteiger partial charge in [-0.15, -0.1) is 0 Å². The third-order valence-electron chi connectivity index (χ3n) is 6.72. The molecule has 3 rings (SSSR count). The van der Waals surface area contributed by atoms with Gasteiger partial charge in [0.25, 0.3) is 5.91 Å². The van der Waals surface area contributed by atoms with Crippen molar-refractivity contribution in [2.24, 2.45) is 5.92 Å². The minimum atomic E-state index is -0.702. The summed E-state index contributed by atoms with van der Waals surface area (Å²) in [6.07, 6.45) is 11.3. The molecule has 6 heteroatoms. The Labute approximate surface area is 156 Å². The predicted molar refractivity (Wildman–Crippen MR) is 99.5 cm³/mol. The molecular weight excluding hydrogens is 330 g/mol. The maximum Gasteiger partial charge on any atom is 0.327 e. The Balaban J connectivity index is 1.60. The first kappa shape index (κ1) is 19.2. The Morgan fingerprint density at radius 1 is 1.15 bits per heavy atom. The monoisotopic (exact) mass is 363 g/mol. The van der Waals surface area contributed by atoms with Crippen molar-refractivity contribution < 1.29 is 14.4 Å². The van der Waals surface area contributed by atoms with E-state index in [-0.39, 0.29) is 30.4 Å². The number of hydrogen-bond acceptors (Lipinski definition) is 3. The van der Waals surface area contributed by atoms with Crippen LogP contribution >= 0.6 is 0 Å². The van der Waals surface area contributed by atoms with Gasteiger partial charge < -0.3 is 10.2 Å². The molecule has 2 atom stereocenters. The largest absolute Gasteiger partial charge is 0.352 e. The molecule has 1 saturated heterocycles. The van der Waals surface area contributed by atoms with Gasteiger partial charge in [-0.2, -0.15) is 0 Å². The van der Waals surface area contributed by atoms with Crippen LogP contribution in [0.15, 0.2) is 0 Å². The summed E-state index contributed by atoms with van der Waals surface area (Å²) < 4.78 is 0. The van der Waals surface area contributed by atoms with E-state index in [9.17, 15) is 14.4 Å². The summed E-state index contributed by atoms with van der Waals surface area (Å²) in [5, 5.41) is 3.11. The lowest BCUT2D eigenvalue weighted by molar-refractivity contribution is -0.137. The van der Waals surface area contributed by atoms with Crippen LogP contribution in [0.4, 0.5) is 4.79 Å². The second-order valence-electron chi connectivity index (χ2n) is 8.33. The van der Waals surface area contributed by atoms with Gasteiger partial charge in [0.1, 0.15) is 12.1 Å². The molecule has 2 saturated carbocycles. The molecule has 0 aromatic heterocycles. The maximum atomic E-state index is 13.0. The number of amides is 4. The maximum absolute atomic E-state index is 13.0. The van der Waals surface area contributed by atoms with Crippen LogP contribution in [0.3, 0.4) is 0 Å². The van der Waals surface area contributed by atoms with Crippen molar-refractivity contribution in [3.05, 3.63) is 0 Å². The molecule has 0 aromatic carbocycles. The molecule has 1 heterocycles. The van der Waals surface area contributed by atoms with Crippen LogP contribution in [0.5, 0.6) is 0 Å². The smallest absolute Gasteiger partial charge is 0.327 e. The van der Waals surface area contributed by atoms with E-state index in [1.54, 1.807) is 11.9 Å². The van der Waals surface area contributed by atoms with E-state index in [1.165, 1.54) is 24.2 Å². The van der Waals surface area contributed by atoms with Crippen LogP contribution < -0.4 is 5.32 Å². The Hall–Kier alpha value is -1.59. The van der Waals surface area contributed by atoms with E-state index in [2.05, 4.69) is 12.2 Å². The van der Waals surface area contributed by atoms with Gasteiger partial charge in [0.2, 0.25) is 5.91 Å². The summed E-state index contributed by atoms with van der Waals surface area (Å²) in [5.41, 5.74) is -0.702. The lowest BCUT2D eigenvalue weighted by atomic mass is 9.81. The molecule has 4 amide bonds. The number of hydrogen-bond donors (Lipinski definition) is 1. The lowest BCUT2D eigenvalue weighted by Gasteiger charge is -2.35. The topological polar surface area (TPSA) is 69.7 Å². The van der Waals surface area contributed by atoms with Gasteiger partial charge in [0, 0.05) is 13.1 Å². The third-order valence-corrected chi connectivity index (χ3v) is 6.72. The first-order chi connectivity index (χ1) is 12.5. The highest BCUT2D eigenvalue weighted by molar-refractivity contribution is 6.08. The Morgan fingerprint density at radius 2 is 1.88 bits per heavy atom. The molecule has 1 spiro atoms. The molecule has 2 aliphatic carbocycles. The molecule has 3 fully saturated rings. The fraction of sp³-hybridized carbons (Fsp3) is 0.850. The van der Waals surface area contributed by atoms with E-state index in [4.69, 9.17) is 0 Å². The average molecular weight is 364 g/mol. The third kappa shape index (κ3) is 3.47. The molecule has 1 N–H and O–H groups in total. The molecule has 3 aliphatic rings. The van der Waals surface area contributed by atoms with Crippen molar-refractivity contribution in [3.8, 4) is 0 Å². The highest BCUT2D eigenvalue weighted by Gasteiger charge is 2.55. The number of urea groups is 1. The van der Waals surface area contributed by atoms with Gasteiger partial charge in [-0.3, -0.25) is 14.5 Å². The van der Waals surface area contributed by atoms with Crippen LogP contribution in [0, 0.1) is 5.92 Å². The normalized spacial score (nSPS) is 28.2. The van der Waals surface area contributed by atoms with Gasteiger partial charge in [0.15, 0.2) is 0 Å². The molecule has 2 unspecified atom stereocenters. The van der Waals surface area contributed by atoms with Crippen molar-refractivity contribution in [2.45, 2.75) is 89.1 Å². The summed E-state index contributed by atoms with van der Waals surface area (Å²) in [7, 11) is 1.71. The van der Waals surface area contributed by atoms with Crippen LogP contribution in [-0.4, -0.2) is 52.8 Å². The van der Waals surface area contributed by atoms with E-state index in [0.717, 1.165) is 38.5 Å². The summed E-state index contributed by atoms with van der Waals surface area (Å²) in [5.74, 6) is 0.173. The molecule has 1 aliphatic heterocycles. The standard InChI is InChI=1S/C20H33N3O3/c1-3-4-9-15-10-8-11-16(15)21-17(24)14-23-18(25)20(22(2)19(23)26)12-6-5-7-13-20/h15-16H,3-14H2,1-2H3,(H,21,24). The van der Waals surface area contributed by atoms with Crippen LogP contribution in [0.2, 0.25) is 0 Å². The van der Waals surface area contributed by atoms with Crippen LogP contribution in [0.1, 0.15) is 77.6 Å². The summed E-state index contributed by atoms with van der Waals surface area (Å²) >= 11 is 0. The zero-order chi connectivity index (χ0) is 18.7. The van der Waals surface area contributed by atoms with Gasteiger partial charge >= 0.3 is 6.03 Å². The quantitative estimate of drug-likeness (QED) is 0.737. The highest BCUT2D eigenvalue weighted by atomic mass is 16.2. The number of likely N-dealkylation sites (N-methyl/N-ethyl adjacent to an activating group) is 1. The van der Waals surface area contributed by atoms with Crippen LogP contribution in [-0.2, 0) is 9.59 Å². The van der Waals surface area contributed by atoms with Crippen LogP contribution in [0.25, 0.3) is 0 Å². The van der Waals surface area contributed by atoms with Crippen molar-refractivity contribution in [3.63, 3.8) is 0 Å². The van der Waals surface area contributed by atoms with Gasteiger partial charge in [-0.05, 0) is 38.0 Å². The minimum absolute atomic E-state index is 0.138. The Morgan fingerprint density at radius 3 is 2.58 bits per heavy atom. The highest BCUT2D eigenvalue weighted by Crippen LogP contribution is 2.39. The second-order valence-corrected chi connectivity index (χ2v) is 8.33. The summed E-state index contributed by atoms with van der Waals surface area (Å²) in [6, 6.07) is -0.121. The minimum Gasteiger partial charge on any atom is -0.352 e. The second kappa shape index (κ2) is 7.97. The molecule has 6 nitrogen and oxygen atoms in total. The van der Waals surface area contributed by atoms with Gasteiger partial charge in [0.05, 0.1) is 0 Å². The molecule has 0 aromatic rings. The van der Waals surface area contributed by atoms with Crippen molar-refractivity contribution in [2.75, 3.05) is 13.6 Å². The van der Waals surface area contributed by atoms with Crippen molar-refractivity contribution in [1.82, 2.24) is 15.1 Å². The first-order valence-corrected chi connectivity index (χ1v) is 10.4. The van der Waals surface area contributed by atoms with E-state index >= 15 is 0 Å². The van der Waals surface area contributed by atoms with E-state index in [0.29, 0.717) is 18.8 Å². The Kier molecular flexibility index (Phi) is 5.88. The van der Waals surface area contributed by atoms with Crippen molar-refractivity contribution >= 4 is 17.8 Å². The Bertz CT molecular complexity index is 557. The fourth-order valence-electron chi connectivity index (χ4n) is 5.11.